The molecular formula is C23H21ClF2N2O3. The van der Waals surface area contributed by atoms with Crippen molar-refractivity contribution in [3.63, 3.8) is 0 Å². The lowest BCUT2D eigenvalue weighted by molar-refractivity contribution is 0.0765. The molecule has 8 heteroatoms. The summed E-state index contributed by atoms with van der Waals surface area (Å²) in [6.07, 6.45) is 0. The van der Waals surface area contributed by atoms with E-state index >= 15 is 0 Å². The van der Waals surface area contributed by atoms with Gasteiger partial charge in [0.25, 0.3) is 5.91 Å². The smallest absolute Gasteiger partial charge is 0.257 e. The highest BCUT2D eigenvalue weighted by molar-refractivity contribution is 6.34. The molecule has 1 aliphatic rings. The number of nitrogens with zero attached hydrogens (tertiary/aromatic N) is 2. The second-order valence-corrected chi connectivity index (χ2v) is 7.15. The molecule has 0 atom stereocenters. The van der Waals surface area contributed by atoms with Gasteiger partial charge in [0.15, 0.2) is 0 Å². The van der Waals surface area contributed by atoms with E-state index in [4.69, 9.17) is 21.1 Å². The van der Waals surface area contributed by atoms with E-state index in [1.165, 1.54) is 19.2 Å². The highest BCUT2D eigenvalue weighted by atomic mass is 35.5. The molecule has 0 radical (unpaired) electrons. The SMILES string of the molecule is C.COc1ccc(CN2Cc3nc(-c4c(F)cccc4F)cc(Cl)c3C2=O)c(OC)c1. The van der Waals surface area contributed by atoms with E-state index in [0.29, 0.717) is 17.2 Å². The van der Waals surface area contributed by atoms with Crippen LogP contribution in [0.3, 0.4) is 0 Å². The Hall–Kier alpha value is -3.19. The minimum absolute atomic E-state index is 0. The first-order valence-corrected chi connectivity index (χ1v) is 9.44. The molecule has 1 aliphatic heterocycles. The molecule has 31 heavy (non-hydrogen) atoms. The van der Waals surface area contributed by atoms with Gasteiger partial charge in [-0.05, 0) is 30.3 Å². The summed E-state index contributed by atoms with van der Waals surface area (Å²) in [5.41, 5.74) is 1.16. The molecule has 0 unspecified atom stereocenters. The monoisotopic (exact) mass is 446 g/mol. The molecule has 162 valence electrons. The first-order valence-electron chi connectivity index (χ1n) is 9.07. The maximum Gasteiger partial charge on any atom is 0.257 e. The number of rotatable bonds is 5. The van der Waals surface area contributed by atoms with Crippen LogP contribution in [-0.4, -0.2) is 30.0 Å². The van der Waals surface area contributed by atoms with Gasteiger partial charge in [-0.15, -0.1) is 0 Å². The van der Waals surface area contributed by atoms with E-state index < -0.39 is 11.6 Å². The summed E-state index contributed by atoms with van der Waals surface area (Å²) in [4.78, 5) is 18.8. The van der Waals surface area contributed by atoms with E-state index in [2.05, 4.69) is 4.98 Å². The minimum atomic E-state index is -0.748. The summed E-state index contributed by atoms with van der Waals surface area (Å²) >= 11 is 6.32. The van der Waals surface area contributed by atoms with Gasteiger partial charge in [-0.1, -0.05) is 25.1 Å². The van der Waals surface area contributed by atoms with Crippen LogP contribution in [0, 0.1) is 11.6 Å². The fourth-order valence-corrected chi connectivity index (χ4v) is 3.79. The van der Waals surface area contributed by atoms with Crippen LogP contribution in [0.4, 0.5) is 8.78 Å². The molecule has 1 amide bonds. The number of ether oxygens (including phenoxy) is 2. The number of amides is 1. The molecule has 0 N–H and O–H groups in total. The Morgan fingerprint density at radius 2 is 1.77 bits per heavy atom. The number of benzene rings is 2. The van der Waals surface area contributed by atoms with E-state index in [-0.39, 0.29) is 48.3 Å². The summed E-state index contributed by atoms with van der Waals surface area (Å²) in [6.45, 7) is 0.412. The number of carbonyl (C=O) groups is 1. The van der Waals surface area contributed by atoms with Crippen molar-refractivity contribution in [1.29, 1.82) is 0 Å². The molecule has 4 rings (SSSR count). The number of aromatic nitrogens is 1. The van der Waals surface area contributed by atoms with Gasteiger partial charge in [-0.3, -0.25) is 4.79 Å². The van der Waals surface area contributed by atoms with Crippen molar-refractivity contribution < 1.29 is 23.0 Å². The summed E-state index contributed by atoms with van der Waals surface area (Å²) in [7, 11) is 3.09. The highest BCUT2D eigenvalue weighted by Gasteiger charge is 2.33. The number of carbonyl (C=O) groups excluding carboxylic acids is 1. The third kappa shape index (κ3) is 4.05. The number of fused-ring (bicyclic) bond motifs is 1. The normalized spacial score (nSPS) is 12.4. The number of methoxy groups -OCH3 is 2. The quantitative estimate of drug-likeness (QED) is 0.520. The van der Waals surface area contributed by atoms with Gasteiger partial charge in [-0.2, -0.15) is 0 Å². The van der Waals surface area contributed by atoms with Crippen LogP contribution in [0.15, 0.2) is 42.5 Å². The van der Waals surface area contributed by atoms with Crippen LogP contribution in [0.25, 0.3) is 11.3 Å². The predicted molar refractivity (Wildman–Crippen MR) is 114 cm³/mol. The topological polar surface area (TPSA) is 51.7 Å². The Balaban J connectivity index is 0.00000272. The molecule has 2 aromatic carbocycles. The lowest BCUT2D eigenvalue weighted by atomic mass is 10.1. The molecule has 0 fully saturated rings. The number of halogens is 3. The minimum Gasteiger partial charge on any atom is -0.497 e. The van der Waals surface area contributed by atoms with Crippen LogP contribution in [0.5, 0.6) is 11.5 Å². The summed E-state index contributed by atoms with van der Waals surface area (Å²) < 4.78 is 39.0. The Morgan fingerprint density at radius 1 is 1.06 bits per heavy atom. The molecule has 3 aromatic rings. The van der Waals surface area contributed by atoms with E-state index in [0.717, 1.165) is 17.7 Å². The number of pyridine rings is 1. The van der Waals surface area contributed by atoms with Gasteiger partial charge in [0.2, 0.25) is 0 Å². The van der Waals surface area contributed by atoms with Gasteiger partial charge in [0.1, 0.15) is 23.1 Å². The van der Waals surface area contributed by atoms with Gasteiger partial charge in [-0.25, -0.2) is 13.8 Å². The van der Waals surface area contributed by atoms with Crippen LogP contribution >= 0.6 is 11.6 Å². The fourth-order valence-electron chi connectivity index (χ4n) is 3.50. The Bertz CT molecular complexity index is 1130. The lowest BCUT2D eigenvalue weighted by Gasteiger charge is -2.18. The van der Waals surface area contributed by atoms with Crippen LogP contribution < -0.4 is 9.47 Å². The average molecular weight is 447 g/mol. The second-order valence-electron chi connectivity index (χ2n) is 6.75. The predicted octanol–water partition coefficient (Wildman–Crippen LogP) is 5.49. The average Bonchev–Trinajstić information content (AvgIpc) is 3.04. The van der Waals surface area contributed by atoms with Gasteiger partial charge < -0.3 is 14.4 Å². The zero-order chi connectivity index (χ0) is 21.4. The first kappa shape index (κ1) is 22.5. The molecule has 0 aliphatic carbocycles. The summed E-state index contributed by atoms with van der Waals surface area (Å²) in [6, 6.07) is 10.2. The Kier molecular flexibility index (Phi) is 6.45. The zero-order valence-corrected chi connectivity index (χ0v) is 17.0. The van der Waals surface area contributed by atoms with E-state index in [1.807, 2.05) is 6.07 Å². The molecular weight excluding hydrogens is 426 g/mol. The van der Waals surface area contributed by atoms with E-state index in [9.17, 15) is 13.6 Å². The van der Waals surface area contributed by atoms with Crippen LogP contribution in [0.1, 0.15) is 29.0 Å². The van der Waals surface area contributed by atoms with Crippen molar-refractivity contribution >= 4 is 17.5 Å². The van der Waals surface area contributed by atoms with Gasteiger partial charge in [0, 0.05) is 11.6 Å². The van der Waals surface area contributed by atoms with Crippen molar-refractivity contribution in [2.45, 2.75) is 20.5 Å². The van der Waals surface area contributed by atoms with Crippen molar-refractivity contribution in [3.8, 4) is 22.8 Å². The Labute approximate surface area is 184 Å². The third-order valence-electron chi connectivity index (χ3n) is 4.96. The van der Waals surface area contributed by atoms with Crippen molar-refractivity contribution in [1.82, 2.24) is 9.88 Å². The number of hydrogen-bond acceptors (Lipinski definition) is 4. The molecule has 0 bridgehead atoms. The summed E-state index contributed by atoms with van der Waals surface area (Å²) in [5.74, 6) is -0.592. The molecule has 1 aromatic heterocycles. The van der Waals surface area contributed by atoms with E-state index in [1.54, 1.807) is 24.1 Å². The Morgan fingerprint density at radius 3 is 2.42 bits per heavy atom. The standard InChI is InChI=1S/C22H17ClF2N2O3.CH4/c1-29-13-7-6-12(19(8-13)30-2)10-27-11-18-20(22(27)28)14(23)9-17(26-18)21-15(24)4-3-5-16(21)25;/h3-9H,10-11H2,1-2H3;1H4. The molecule has 5 nitrogen and oxygen atoms in total. The van der Waals surface area contributed by atoms with Gasteiger partial charge in [0.05, 0.1) is 54.8 Å². The summed E-state index contributed by atoms with van der Waals surface area (Å²) in [5, 5.41) is 0.104. The first-order chi connectivity index (χ1) is 14.4. The molecule has 0 saturated carbocycles. The molecule has 0 spiro atoms. The maximum atomic E-state index is 14.2. The maximum absolute atomic E-state index is 14.2. The zero-order valence-electron chi connectivity index (χ0n) is 16.2. The van der Waals surface area contributed by atoms with Crippen molar-refractivity contribution in [2.24, 2.45) is 0 Å². The van der Waals surface area contributed by atoms with Crippen LogP contribution in [-0.2, 0) is 13.1 Å². The largest absolute Gasteiger partial charge is 0.497 e. The lowest BCUT2D eigenvalue weighted by Crippen LogP contribution is -2.23. The van der Waals surface area contributed by atoms with Crippen LogP contribution in [0.2, 0.25) is 5.02 Å². The van der Waals surface area contributed by atoms with Crippen molar-refractivity contribution in [2.75, 3.05) is 14.2 Å². The second kappa shape index (κ2) is 8.89. The molecule has 2 heterocycles. The molecule has 0 saturated heterocycles. The fraction of sp³-hybridized carbons (Fsp3) is 0.217. The third-order valence-corrected chi connectivity index (χ3v) is 5.26. The van der Waals surface area contributed by atoms with Crippen molar-refractivity contribution in [3.05, 3.63) is 75.9 Å². The highest BCUT2D eigenvalue weighted by Crippen LogP contribution is 2.35. The van der Waals surface area contributed by atoms with Gasteiger partial charge >= 0.3 is 0 Å². The number of hydrogen-bond donors (Lipinski definition) is 0.